The van der Waals surface area contributed by atoms with Crippen molar-refractivity contribution < 1.29 is 23.5 Å². The highest BCUT2D eigenvalue weighted by Gasteiger charge is 2.43. The van der Waals surface area contributed by atoms with Gasteiger partial charge in [0.2, 0.25) is 0 Å². The van der Waals surface area contributed by atoms with E-state index in [1.54, 1.807) is 17.0 Å². The van der Waals surface area contributed by atoms with E-state index in [1.165, 1.54) is 19.6 Å². The van der Waals surface area contributed by atoms with Gasteiger partial charge in [-0.05, 0) is 55.1 Å². The van der Waals surface area contributed by atoms with Crippen molar-refractivity contribution in [2.24, 2.45) is 17.8 Å². The van der Waals surface area contributed by atoms with Crippen molar-refractivity contribution >= 4 is 18.2 Å². The number of carbonyl (C=O) groups is 2. The van der Waals surface area contributed by atoms with Crippen molar-refractivity contribution in [3.05, 3.63) is 29.6 Å². The zero-order chi connectivity index (χ0) is 21.5. The monoisotopic (exact) mass is 419 g/mol. The first kappa shape index (κ1) is 22.2. The molecule has 0 bridgehead atoms. The van der Waals surface area contributed by atoms with E-state index in [0.717, 1.165) is 19.3 Å². The van der Waals surface area contributed by atoms with Crippen LogP contribution in [0.25, 0.3) is 0 Å². The first-order valence-electron chi connectivity index (χ1n) is 10.5. The van der Waals surface area contributed by atoms with E-state index < -0.39 is 5.82 Å². The predicted octanol–water partition coefficient (Wildman–Crippen LogP) is 3.02. The lowest BCUT2D eigenvalue weighted by atomic mass is 9.90. The Kier molecular flexibility index (Phi) is 7.79. The van der Waals surface area contributed by atoms with Gasteiger partial charge in [-0.15, -0.1) is 0 Å². The van der Waals surface area contributed by atoms with Crippen molar-refractivity contribution in [3.8, 4) is 5.75 Å². The molecule has 2 amide bonds. The largest absolute Gasteiger partial charge is 0.493 e. The van der Waals surface area contributed by atoms with Crippen LogP contribution in [-0.2, 0) is 16.0 Å². The Morgan fingerprint density at radius 3 is 2.80 bits per heavy atom. The van der Waals surface area contributed by atoms with Gasteiger partial charge in [-0.2, -0.15) is 0 Å². The molecule has 2 aliphatic rings. The number of nitrogens with zero attached hydrogens (tertiary/aromatic N) is 1. The third kappa shape index (κ3) is 6.01. The fourth-order valence-electron chi connectivity index (χ4n) is 4.30. The van der Waals surface area contributed by atoms with Crippen LogP contribution in [0.1, 0.15) is 31.2 Å². The van der Waals surface area contributed by atoms with E-state index in [4.69, 9.17) is 14.9 Å². The fourth-order valence-corrected chi connectivity index (χ4v) is 4.30. The summed E-state index contributed by atoms with van der Waals surface area (Å²) in [5.41, 5.74) is 0.384. The van der Waals surface area contributed by atoms with Gasteiger partial charge in [0.05, 0.1) is 6.61 Å². The van der Waals surface area contributed by atoms with Crippen molar-refractivity contribution in [1.29, 1.82) is 5.41 Å². The molecule has 2 N–H and O–H groups in total. The zero-order valence-corrected chi connectivity index (χ0v) is 17.4. The fraction of sp³-hybridized carbons (Fsp3) is 0.591. The maximum Gasteiger partial charge on any atom is 0.322 e. The highest BCUT2D eigenvalue weighted by Crippen LogP contribution is 2.49. The standard InChI is InChI=1S/C22H30FN3O4/c1-29-14-21(24)25-22(28)26-8-4-15(5-9-26)19-12-17(19)7-11-30-18-3-2-16(6-10-27)20(23)13-18/h2-3,10,13,15,17,19H,4-9,11-12,14H2,1H3,(H2,24,25,28)/t17?,19-/m1/s1. The van der Waals surface area contributed by atoms with Gasteiger partial charge in [0, 0.05) is 32.7 Å². The van der Waals surface area contributed by atoms with E-state index in [1.807, 2.05) is 0 Å². The molecular formula is C22H30FN3O4. The number of ether oxygens (including phenoxy) is 2. The summed E-state index contributed by atoms with van der Waals surface area (Å²) in [6.45, 7) is 2.08. The van der Waals surface area contributed by atoms with Gasteiger partial charge in [0.25, 0.3) is 0 Å². The predicted molar refractivity (Wildman–Crippen MR) is 110 cm³/mol. The highest BCUT2D eigenvalue weighted by atomic mass is 19.1. The summed E-state index contributed by atoms with van der Waals surface area (Å²) in [6.07, 6.45) is 4.86. The topological polar surface area (TPSA) is 91.7 Å². The second kappa shape index (κ2) is 10.5. The van der Waals surface area contributed by atoms with Crippen LogP contribution in [0, 0.1) is 29.0 Å². The van der Waals surface area contributed by atoms with Crippen LogP contribution in [0.3, 0.4) is 0 Å². The van der Waals surface area contributed by atoms with E-state index in [2.05, 4.69) is 5.32 Å². The number of benzene rings is 1. The van der Waals surface area contributed by atoms with Gasteiger partial charge in [-0.3, -0.25) is 10.7 Å². The maximum atomic E-state index is 13.8. The molecule has 7 nitrogen and oxygen atoms in total. The number of methoxy groups -OCH3 is 1. The van der Waals surface area contributed by atoms with E-state index in [0.29, 0.717) is 55.0 Å². The second-order valence-corrected chi connectivity index (χ2v) is 8.09. The Morgan fingerprint density at radius 2 is 2.13 bits per heavy atom. The van der Waals surface area contributed by atoms with Crippen molar-refractivity contribution in [3.63, 3.8) is 0 Å². The lowest BCUT2D eigenvalue weighted by Gasteiger charge is -2.32. The number of hydrogen-bond acceptors (Lipinski definition) is 5. The quantitative estimate of drug-likeness (QED) is 0.366. The van der Waals surface area contributed by atoms with Gasteiger partial charge in [0.1, 0.15) is 30.3 Å². The molecule has 0 spiro atoms. The molecule has 1 aromatic carbocycles. The lowest BCUT2D eigenvalue weighted by molar-refractivity contribution is -0.107. The van der Waals surface area contributed by atoms with Crippen molar-refractivity contribution in [1.82, 2.24) is 10.2 Å². The normalized spacial score (nSPS) is 21.2. The molecule has 1 saturated carbocycles. The Labute approximate surface area is 176 Å². The number of aldehydes is 1. The average Bonchev–Trinajstić information content (AvgIpc) is 3.50. The number of rotatable bonds is 9. The van der Waals surface area contributed by atoms with Crippen LogP contribution in [0.15, 0.2) is 18.2 Å². The van der Waals surface area contributed by atoms with Crippen LogP contribution in [0.5, 0.6) is 5.75 Å². The van der Waals surface area contributed by atoms with Crippen LogP contribution in [0.4, 0.5) is 9.18 Å². The van der Waals surface area contributed by atoms with Gasteiger partial charge in [-0.25, -0.2) is 9.18 Å². The molecule has 1 aliphatic carbocycles. The van der Waals surface area contributed by atoms with Crippen LogP contribution < -0.4 is 10.1 Å². The minimum Gasteiger partial charge on any atom is -0.493 e. The SMILES string of the molecule is COCC(=N)NC(=O)N1CCC([C@H]2CC2CCOc2ccc(CC=O)c(F)c2)CC1. The Balaban J connectivity index is 1.34. The van der Waals surface area contributed by atoms with E-state index >= 15 is 0 Å². The molecule has 0 radical (unpaired) electrons. The average molecular weight is 419 g/mol. The van der Waals surface area contributed by atoms with E-state index in [9.17, 15) is 14.0 Å². The first-order valence-corrected chi connectivity index (χ1v) is 10.5. The molecule has 2 atom stereocenters. The molecule has 2 fully saturated rings. The summed E-state index contributed by atoms with van der Waals surface area (Å²) in [6, 6.07) is 4.43. The van der Waals surface area contributed by atoms with E-state index in [-0.39, 0.29) is 24.9 Å². The molecule has 1 saturated heterocycles. The number of hydrogen-bond donors (Lipinski definition) is 2. The molecule has 164 valence electrons. The lowest BCUT2D eigenvalue weighted by Crippen LogP contribution is -2.47. The summed E-state index contributed by atoms with van der Waals surface area (Å²) >= 11 is 0. The summed E-state index contributed by atoms with van der Waals surface area (Å²) < 4.78 is 24.4. The molecule has 1 aliphatic heterocycles. The second-order valence-electron chi connectivity index (χ2n) is 8.09. The van der Waals surface area contributed by atoms with Crippen LogP contribution in [-0.4, -0.2) is 56.5 Å². The number of nitrogens with one attached hydrogen (secondary N) is 2. The number of halogens is 1. The van der Waals surface area contributed by atoms with Gasteiger partial charge < -0.3 is 19.2 Å². The van der Waals surface area contributed by atoms with Gasteiger partial charge in [0.15, 0.2) is 0 Å². The van der Waals surface area contributed by atoms with Gasteiger partial charge in [-0.1, -0.05) is 6.07 Å². The molecule has 30 heavy (non-hydrogen) atoms. The molecule has 3 rings (SSSR count). The maximum absolute atomic E-state index is 13.8. The zero-order valence-electron chi connectivity index (χ0n) is 17.4. The molecule has 1 unspecified atom stereocenters. The smallest absolute Gasteiger partial charge is 0.322 e. The highest BCUT2D eigenvalue weighted by molar-refractivity contribution is 5.96. The summed E-state index contributed by atoms with van der Waals surface area (Å²) in [5, 5.41) is 10.2. The molecule has 1 aromatic rings. The van der Waals surface area contributed by atoms with Crippen LogP contribution >= 0.6 is 0 Å². The van der Waals surface area contributed by atoms with Gasteiger partial charge >= 0.3 is 6.03 Å². The number of urea groups is 1. The number of likely N-dealkylation sites (tertiary alicyclic amines) is 1. The Morgan fingerprint density at radius 1 is 1.37 bits per heavy atom. The minimum absolute atomic E-state index is 0.0742. The Bertz CT molecular complexity index is 765. The molecule has 1 heterocycles. The van der Waals surface area contributed by atoms with Crippen molar-refractivity contribution in [2.45, 2.75) is 32.1 Å². The third-order valence-electron chi connectivity index (χ3n) is 6.04. The van der Waals surface area contributed by atoms with Crippen molar-refractivity contribution in [2.75, 3.05) is 33.4 Å². The number of carbonyl (C=O) groups excluding carboxylic acids is 2. The third-order valence-corrected chi connectivity index (χ3v) is 6.04. The molecule has 0 aromatic heterocycles. The first-order chi connectivity index (χ1) is 14.5. The Hall–Kier alpha value is -2.48. The summed E-state index contributed by atoms with van der Waals surface area (Å²) in [4.78, 5) is 24.4. The summed E-state index contributed by atoms with van der Waals surface area (Å²) in [5.74, 6) is 2.10. The molecular weight excluding hydrogens is 389 g/mol. The number of piperidine rings is 1. The summed E-state index contributed by atoms with van der Waals surface area (Å²) in [7, 11) is 1.49. The van der Waals surface area contributed by atoms with Crippen LogP contribution in [0.2, 0.25) is 0 Å². The molecule has 8 heteroatoms. The number of amidine groups is 1. The number of amides is 2. The minimum atomic E-state index is -0.406.